The molecule has 0 saturated heterocycles. The predicted molar refractivity (Wildman–Crippen MR) is 192 cm³/mol. The minimum absolute atomic E-state index is 0.888. The van der Waals surface area contributed by atoms with Crippen LogP contribution in [0.5, 0.6) is 0 Å². The van der Waals surface area contributed by atoms with Crippen molar-refractivity contribution in [1.29, 1.82) is 0 Å². The van der Waals surface area contributed by atoms with Crippen LogP contribution >= 0.6 is 0 Å². The van der Waals surface area contributed by atoms with Gasteiger partial charge in [-0.15, -0.1) is 0 Å². The molecule has 10 aromatic rings. The van der Waals surface area contributed by atoms with E-state index in [1.165, 1.54) is 32.7 Å². The highest BCUT2D eigenvalue weighted by molar-refractivity contribution is 6.27. The van der Waals surface area contributed by atoms with Gasteiger partial charge in [0.1, 0.15) is 22.5 Å². The van der Waals surface area contributed by atoms with Crippen LogP contribution in [-0.4, -0.2) is 0 Å². The van der Waals surface area contributed by atoms with E-state index < -0.39 is 0 Å². The summed E-state index contributed by atoms with van der Waals surface area (Å²) in [4.78, 5) is 0. The first kappa shape index (κ1) is 25.2. The molecule has 0 aliphatic heterocycles. The largest absolute Gasteiger partial charge is 0.456 e. The summed E-state index contributed by atoms with van der Waals surface area (Å²) in [6, 6.07) is 55.9. The minimum Gasteiger partial charge on any atom is -0.456 e. The quantitative estimate of drug-likeness (QED) is 0.193. The Morgan fingerprint density at radius 1 is 0.304 bits per heavy atom. The fraction of sp³-hybridized carbons (Fsp3) is 0. The molecule has 0 amide bonds. The van der Waals surface area contributed by atoms with Crippen molar-refractivity contribution in [3.63, 3.8) is 0 Å². The van der Waals surface area contributed by atoms with Crippen molar-refractivity contribution in [1.82, 2.24) is 0 Å². The molecule has 0 aliphatic carbocycles. The third kappa shape index (κ3) is 3.53. The molecule has 0 saturated carbocycles. The van der Waals surface area contributed by atoms with Crippen LogP contribution in [0.15, 0.2) is 167 Å². The molecule has 214 valence electrons. The molecule has 0 N–H and O–H groups in total. The van der Waals surface area contributed by atoms with Gasteiger partial charge in [0, 0.05) is 27.3 Å². The smallest absolute Gasteiger partial charge is 0.144 e. The Bertz CT molecular complexity index is 2740. The Labute approximate surface area is 264 Å². The molecule has 46 heavy (non-hydrogen) atoms. The molecule has 0 radical (unpaired) electrons. The highest BCUT2D eigenvalue weighted by atomic mass is 16.3. The Hall–Kier alpha value is -6.12. The first-order valence-electron chi connectivity index (χ1n) is 15.7. The molecular formula is C44H26O2. The van der Waals surface area contributed by atoms with Gasteiger partial charge in [-0.1, -0.05) is 140 Å². The number of para-hydroxylation sites is 1. The Balaban J connectivity index is 1.40. The Kier molecular flexibility index (Phi) is 5.31. The highest BCUT2D eigenvalue weighted by Crippen LogP contribution is 2.51. The molecule has 8 aromatic carbocycles. The lowest BCUT2D eigenvalue weighted by molar-refractivity contribution is 0.634. The summed E-state index contributed by atoms with van der Waals surface area (Å²) < 4.78 is 13.4. The predicted octanol–water partition coefficient (Wildman–Crippen LogP) is 12.8. The van der Waals surface area contributed by atoms with E-state index in [2.05, 4.69) is 152 Å². The molecule has 2 heterocycles. The van der Waals surface area contributed by atoms with E-state index in [1.54, 1.807) is 0 Å². The third-order valence-electron chi connectivity index (χ3n) is 9.47. The van der Waals surface area contributed by atoms with Crippen LogP contribution in [0.25, 0.3) is 98.8 Å². The molecule has 0 bridgehead atoms. The zero-order valence-electron chi connectivity index (χ0n) is 24.8. The molecule has 0 aliphatic rings. The first-order valence-corrected chi connectivity index (χ1v) is 15.7. The normalized spacial score (nSPS) is 11.9. The van der Waals surface area contributed by atoms with Crippen molar-refractivity contribution in [2.45, 2.75) is 0 Å². The van der Waals surface area contributed by atoms with Gasteiger partial charge >= 0.3 is 0 Å². The van der Waals surface area contributed by atoms with Crippen molar-refractivity contribution in [2.24, 2.45) is 0 Å². The van der Waals surface area contributed by atoms with Crippen LogP contribution in [0.2, 0.25) is 0 Å². The van der Waals surface area contributed by atoms with E-state index in [4.69, 9.17) is 8.83 Å². The average Bonchev–Trinajstić information content (AvgIpc) is 3.70. The van der Waals surface area contributed by atoms with Crippen LogP contribution in [0.1, 0.15) is 0 Å². The van der Waals surface area contributed by atoms with Gasteiger partial charge in [0.25, 0.3) is 0 Å². The summed E-state index contributed by atoms with van der Waals surface area (Å²) in [6.45, 7) is 0. The maximum atomic E-state index is 7.01. The maximum Gasteiger partial charge on any atom is 0.144 e. The summed E-state index contributed by atoms with van der Waals surface area (Å²) >= 11 is 0. The molecule has 2 aromatic heterocycles. The van der Waals surface area contributed by atoms with E-state index >= 15 is 0 Å². The number of rotatable bonds is 3. The Morgan fingerprint density at radius 2 is 0.870 bits per heavy atom. The van der Waals surface area contributed by atoms with Crippen molar-refractivity contribution < 1.29 is 8.83 Å². The SMILES string of the molecule is c1ccc(-c2c(-c3c4ccccc4c(-c4cccc5oc6ccccc6c45)c4ccccc34)oc3ccc4ccccc4c23)cc1. The lowest BCUT2D eigenvalue weighted by atomic mass is 9.85. The lowest BCUT2D eigenvalue weighted by Crippen LogP contribution is -1.91. The van der Waals surface area contributed by atoms with E-state index in [1.807, 2.05) is 6.07 Å². The zero-order valence-corrected chi connectivity index (χ0v) is 24.8. The van der Waals surface area contributed by atoms with Crippen LogP contribution < -0.4 is 0 Å². The number of benzene rings is 8. The lowest BCUT2D eigenvalue weighted by Gasteiger charge is -2.18. The van der Waals surface area contributed by atoms with Crippen LogP contribution in [0.4, 0.5) is 0 Å². The maximum absolute atomic E-state index is 7.01. The number of hydrogen-bond donors (Lipinski definition) is 0. The van der Waals surface area contributed by atoms with Gasteiger partial charge in [-0.25, -0.2) is 0 Å². The summed E-state index contributed by atoms with van der Waals surface area (Å²) in [5, 5.41) is 10.5. The summed E-state index contributed by atoms with van der Waals surface area (Å²) in [6.07, 6.45) is 0. The minimum atomic E-state index is 0.888. The summed E-state index contributed by atoms with van der Waals surface area (Å²) in [5.41, 5.74) is 8.43. The number of hydrogen-bond acceptors (Lipinski definition) is 2. The van der Waals surface area contributed by atoms with E-state index in [-0.39, 0.29) is 0 Å². The summed E-state index contributed by atoms with van der Waals surface area (Å²) in [5.74, 6) is 0.892. The van der Waals surface area contributed by atoms with Crippen LogP contribution in [0, 0.1) is 0 Å². The number of furan rings is 2. The van der Waals surface area contributed by atoms with E-state index in [0.29, 0.717) is 0 Å². The van der Waals surface area contributed by atoms with Gasteiger partial charge in [-0.2, -0.15) is 0 Å². The van der Waals surface area contributed by atoms with Gasteiger partial charge < -0.3 is 8.83 Å². The molecule has 0 unspecified atom stereocenters. The van der Waals surface area contributed by atoms with Gasteiger partial charge in [0.05, 0.1) is 0 Å². The van der Waals surface area contributed by atoms with Crippen molar-refractivity contribution in [2.75, 3.05) is 0 Å². The second kappa shape index (κ2) is 9.69. The highest BCUT2D eigenvalue weighted by Gasteiger charge is 2.25. The number of fused-ring (bicyclic) bond motifs is 8. The monoisotopic (exact) mass is 586 g/mol. The molecule has 0 spiro atoms. The zero-order chi connectivity index (χ0) is 30.2. The summed E-state index contributed by atoms with van der Waals surface area (Å²) in [7, 11) is 0. The molecule has 0 fully saturated rings. The van der Waals surface area contributed by atoms with Gasteiger partial charge in [-0.3, -0.25) is 0 Å². The molecule has 2 nitrogen and oxygen atoms in total. The standard InChI is InChI=1S/C44H26O2/c1-2-14-28(15-3-1)39-43-29-16-5-4-13-27(29)25-26-38(43)46-44(39)42-32-19-8-6-17-30(32)40(31-18-7-9-20-33(31)42)35-22-12-24-37-41(35)34-21-10-11-23-36(34)45-37/h1-26H. The fourth-order valence-corrected chi connectivity index (χ4v) is 7.57. The second-order valence-electron chi connectivity index (χ2n) is 12.0. The fourth-order valence-electron chi connectivity index (χ4n) is 7.57. The van der Waals surface area contributed by atoms with Crippen LogP contribution in [-0.2, 0) is 0 Å². The van der Waals surface area contributed by atoms with E-state index in [0.717, 1.165) is 66.1 Å². The molecule has 0 atom stereocenters. The molecule has 2 heteroatoms. The van der Waals surface area contributed by atoms with Gasteiger partial charge in [0.2, 0.25) is 0 Å². The van der Waals surface area contributed by atoms with Gasteiger partial charge in [-0.05, 0) is 67.2 Å². The van der Waals surface area contributed by atoms with E-state index in [9.17, 15) is 0 Å². The average molecular weight is 587 g/mol. The molecular weight excluding hydrogens is 560 g/mol. The Morgan fingerprint density at radius 3 is 1.61 bits per heavy atom. The third-order valence-corrected chi connectivity index (χ3v) is 9.47. The first-order chi connectivity index (χ1) is 22.8. The van der Waals surface area contributed by atoms with Gasteiger partial charge in [0.15, 0.2) is 0 Å². The van der Waals surface area contributed by atoms with Crippen molar-refractivity contribution >= 4 is 65.2 Å². The topological polar surface area (TPSA) is 26.3 Å². The van der Waals surface area contributed by atoms with Crippen molar-refractivity contribution in [3.05, 3.63) is 158 Å². The van der Waals surface area contributed by atoms with Crippen LogP contribution in [0.3, 0.4) is 0 Å². The van der Waals surface area contributed by atoms with Crippen molar-refractivity contribution in [3.8, 4) is 33.6 Å². The molecule has 10 rings (SSSR count). The second-order valence-corrected chi connectivity index (χ2v) is 12.0.